The van der Waals surface area contributed by atoms with Crippen LogP contribution in [0.3, 0.4) is 0 Å². The third kappa shape index (κ3) is 4.34. The van der Waals surface area contributed by atoms with Gasteiger partial charge in [0.15, 0.2) is 0 Å². The van der Waals surface area contributed by atoms with Crippen molar-refractivity contribution in [3.05, 3.63) is 52.1 Å². The molecular weight excluding hydrogens is 309 g/mol. The number of aromatic nitrogens is 1. The lowest BCUT2D eigenvalue weighted by Crippen LogP contribution is -2.16. The summed E-state index contributed by atoms with van der Waals surface area (Å²) < 4.78 is 0. The number of carbonyl (C=O) groups is 1. The maximum atomic E-state index is 12.3. The van der Waals surface area contributed by atoms with Crippen LogP contribution < -0.4 is 10.6 Å². The summed E-state index contributed by atoms with van der Waals surface area (Å²) in [5, 5.41) is 6.83. The molecule has 0 saturated heterocycles. The predicted molar refractivity (Wildman–Crippen MR) is 87.4 cm³/mol. The number of carbonyl (C=O) groups excluding carboxylic acids is 1. The van der Waals surface area contributed by atoms with Gasteiger partial charge >= 0.3 is 0 Å². The molecule has 0 spiro atoms. The number of benzene rings is 1. The molecule has 2 rings (SSSR count). The number of pyridine rings is 1. The molecule has 1 aromatic carbocycles. The molecule has 0 bridgehead atoms. The summed E-state index contributed by atoms with van der Waals surface area (Å²) in [4.78, 5) is 16.5. The highest BCUT2D eigenvalue weighted by atomic mass is 35.5. The summed E-state index contributed by atoms with van der Waals surface area (Å²) in [6.45, 7) is 2.80. The molecule has 0 aliphatic rings. The van der Waals surface area contributed by atoms with Crippen molar-refractivity contribution >= 4 is 40.6 Å². The van der Waals surface area contributed by atoms with Crippen molar-refractivity contribution in [3.63, 3.8) is 0 Å². The lowest BCUT2D eigenvalue weighted by Gasteiger charge is -2.11. The van der Waals surface area contributed by atoms with Gasteiger partial charge in [-0.05, 0) is 36.8 Å². The van der Waals surface area contributed by atoms with Crippen molar-refractivity contribution in [2.45, 2.75) is 13.3 Å². The van der Waals surface area contributed by atoms with Gasteiger partial charge in [0.05, 0.1) is 5.56 Å². The van der Waals surface area contributed by atoms with Crippen molar-refractivity contribution in [1.82, 2.24) is 4.98 Å². The quantitative estimate of drug-likeness (QED) is 0.853. The van der Waals surface area contributed by atoms with Gasteiger partial charge in [-0.1, -0.05) is 30.1 Å². The third-order valence-electron chi connectivity index (χ3n) is 2.72. The number of nitrogens with zero attached hydrogens (tertiary/aromatic N) is 1. The Hall–Kier alpha value is -1.78. The summed E-state index contributed by atoms with van der Waals surface area (Å²) in [6, 6.07) is 8.32. The van der Waals surface area contributed by atoms with E-state index in [2.05, 4.69) is 15.6 Å². The number of halogens is 2. The average Bonchev–Trinajstić information content (AvgIpc) is 2.44. The zero-order valence-corrected chi connectivity index (χ0v) is 13.0. The van der Waals surface area contributed by atoms with Crippen LogP contribution in [0.15, 0.2) is 36.5 Å². The number of anilines is 2. The summed E-state index contributed by atoms with van der Waals surface area (Å²) in [5.41, 5.74) is 1.02. The van der Waals surface area contributed by atoms with Crippen LogP contribution in [0.1, 0.15) is 23.7 Å². The van der Waals surface area contributed by atoms with Crippen LogP contribution in [-0.2, 0) is 0 Å². The van der Waals surface area contributed by atoms with E-state index in [9.17, 15) is 4.79 Å². The molecule has 4 nitrogen and oxygen atoms in total. The van der Waals surface area contributed by atoms with Gasteiger partial charge in [-0.2, -0.15) is 0 Å². The van der Waals surface area contributed by atoms with Crippen LogP contribution in [0.2, 0.25) is 10.0 Å². The first-order valence-electron chi connectivity index (χ1n) is 6.56. The van der Waals surface area contributed by atoms with Crippen molar-refractivity contribution < 1.29 is 4.79 Å². The van der Waals surface area contributed by atoms with Crippen LogP contribution in [0.5, 0.6) is 0 Å². The molecule has 2 N–H and O–H groups in total. The van der Waals surface area contributed by atoms with Crippen molar-refractivity contribution in [2.75, 3.05) is 17.2 Å². The smallest absolute Gasteiger partial charge is 0.259 e. The lowest BCUT2D eigenvalue weighted by atomic mass is 10.2. The van der Waals surface area contributed by atoms with Gasteiger partial charge in [0.1, 0.15) is 5.82 Å². The minimum absolute atomic E-state index is 0.264. The Morgan fingerprint density at radius 1 is 1.24 bits per heavy atom. The van der Waals surface area contributed by atoms with Crippen molar-refractivity contribution in [3.8, 4) is 0 Å². The lowest BCUT2D eigenvalue weighted by molar-refractivity contribution is 0.102. The first kappa shape index (κ1) is 15.6. The molecule has 0 radical (unpaired) electrons. The second-order valence-corrected chi connectivity index (χ2v) is 5.31. The Kier molecular flexibility index (Phi) is 5.42. The average molecular weight is 324 g/mol. The van der Waals surface area contributed by atoms with Crippen molar-refractivity contribution in [1.29, 1.82) is 0 Å². The Morgan fingerprint density at radius 2 is 1.95 bits per heavy atom. The Morgan fingerprint density at radius 3 is 2.62 bits per heavy atom. The van der Waals surface area contributed by atoms with E-state index < -0.39 is 0 Å². The number of nitrogens with one attached hydrogen (secondary N) is 2. The Balaban J connectivity index is 2.20. The summed E-state index contributed by atoms with van der Waals surface area (Å²) in [5.74, 6) is 0.296. The molecule has 6 heteroatoms. The molecule has 0 fully saturated rings. The third-order valence-corrected chi connectivity index (χ3v) is 3.15. The summed E-state index contributed by atoms with van der Waals surface area (Å²) in [6.07, 6.45) is 2.59. The summed E-state index contributed by atoms with van der Waals surface area (Å²) >= 11 is 11.8. The number of amides is 1. The van der Waals surface area contributed by atoms with E-state index >= 15 is 0 Å². The van der Waals surface area contributed by atoms with Crippen LogP contribution >= 0.6 is 23.2 Å². The molecule has 0 aliphatic carbocycles. The number of rotatable bonds is 5. The molecule has 21 heavy (non-hydrogen) atoms. The van der Waals surface area contributed by atoms with E-state index in [1.54, 1.807) is 36.5 Å². The highest BCUT2D eigenvalue weighted by Crippen LogP contribution is 2.23. The molecule has 0 aliphatic heterocycles. The van der Waals surface area contributed by atoms with Gasteiger partial charge < -0.3 is 10.6 Å². The zero-order chi connectivity index (χ0) is 15.2. The first-order valence-corrected chi connectivity index (χ1v) is 7.32. The topological polar surface area (TPSA) is 54.0 Å². The van der Waals surface area contributed by atoms with Gasteiger partial charge in [-0.3, -0.25) is 4.79 Å². The molecule has 1 heterocycles. The fraction of sp³-hybridized carbons (Fsp3) is 0.200. The van der Waals surface area contributed by atoms with Crippen LogP contribution in [0, 0.1) is 0 Å². The van der Waals surface area contributed by atoms with E-state index in [4.69, 9.17) is 23.2 Å². The largest absolute Gasteiger partial charge is 0.369 e. The molecule has 0 saturated carbocycles. The second-order valence-electron chi connectivity index (χ2n) is 4.44. The van der Waals surface area contributed by atoms with Gasteiger partial charge in [-0.25, -0.2) is 4.98 Å². The SMILES string of the molecule is CCCNc1ncccc1C(=O)Nc1cc(Cl)cc(Cl)c1. The highest BCUT2D eigenvalue weighted by molar-refractivity contribution is 6.35. The molecule has 0 atom stereocenters. The molecule has 2 aromatic rings. The fourth-order valence-electron chi connectivity index (χ4n) is 1.80. The number of hydrogen-bond acceptors (Lipinski definition) is 3. The van der Waals surface area contributed by atoms with Crippen molar-refractivity contribution in [2.24, 2.45) is 0 Å². The van der Waals surface area contributed by atoms with Gasteiger partial charge in [0.2, 0.25) is 0 Å². The maximum Gasteiger partial charge on any atom is 0.259 e. The van der Waals surface area contributed by atoms with Crippen LogP contribution in [0.4, 0.5) is 11.5 Å². The second kappa shape index (κ2) is 7.29. The summed E-state index contributed by atoms with van der Waals surface area (Å²) in [7, 11) is 0. The molecule has 1 aromatic heterocycles. The first-order chi connectivity index (χ1) is 10.1. The molecule has 0 unspecified atom stereocenters. The molecule has 110 valence electrons. The van der Waals surface area contributed by atoms with E-state index in [-0.39, 0.29) is 5.91 Å². The van der Waals surface area contributed by atoms with Gasteiger partial charge in [-0.15, -0.1) is 0 Å². The standard InChI is InChI=1S/C15H15Cl2N3O/c1-2-5-18-14-13(4-3-6-19-14)15(21)20-12-8-10(16)7-11(17)9-12/h3-4,6-9H,2,5H2,1H3,(H,18,19)(H,20,21). The Labute approximate surface area is 133 Å². The normalized spacial score (nSPS) is 10.2. The fourth-order valence-corrected chi connectivity index (χ4v) is 2.32. The van der Waals surface area contributed by atoms with E-state index in [0.29, 0.717) is 27.1 Å². The van der Waals surface area contributed by atoms with E-state index in [1.807, 2.05) is 6.92 Å². The molecule has 1 amide bonds. The maximum absolute atomic E-state index is 12.3. The predicted octanol–water partition coefficient (Wildman–Crippen LogP) is 4.46. The number of hydrogen-bond donors (Lipinski definition) is 2. The van der Waals surface area contributed by atoms with Crippen LogP contribution in [0.25, 0.3) is 0 Å². The van der Waals surface area contributed by atoms with Gasteiger partial charge in [0.25, 0.3) is 5.91 Å². The Bertz CT molecular complexity index is 626. The minimum Gasteiger partial charge on any atom is -0.369 e. The van der Waals surface area contributed by atoms with E-state index in [0.717, 1.165) is 13.0 Å². The molecular formula is C15H15Cl2N3O. The zero-order valence-electron chi connectivity index (χ0n) is 11.5. The van der Waals surface area contributed by atoms with Gasteiger partial charge in [0, 0.05) is 28.5 Å². The highest BCUT2D eigenvalue weighted by Gasteiger charge is 2.12. The van der Waals surface area contributed by atoms with E-state index in [1.165, 1.54) is 0 Å². The van der Waals surface area contributed by atoms with Crippen LogP contribution in [-0.4, -0.2) is 17.4 Å². The monoisotopic (exact) mass is 323 g/mol. The minimum atomic E-state index is -0.264.